The summed E-state index contributed by atoms with van der Waals surface area (Å²) in [5, 5.41) is 3.54. The van der Waals surface area contributed by atoms with Gasteiger partial charge in [-0.15, -0.1) is 0 Å². The fourth-order valence-electron chi connectivity index (χ4n) is 2.10. The molecule has 1 fully saturated rings. The molecule has 84 valence electrons. The van der Waals surface area contributed by atoms with Gasteiger partial charge in [-0.25, -0.2) is 0 Å². The lowest BCUT2D eigenvalue weighted by molar-refractivity contribution is 0.305. The van der Waals surface area contributed by atoms with Crippen molar-refractivity contribution in [2.45, 2.75) is 46.1 Å². The van der Waals surface area contributed by atoms with Crippen LogP contribution in [0.3, 0.4) is 0 Å². The first-order valence-corrected chi connectivity index (χ1v) is 6.18. The van der Waals surface area contributed by atoms with Crippen LogP contribution in [0.2, 0.25) is 0 Å². The van der Waals surface area contributed by atoms with Crippen molar-refractivity contribution in [3.63, 3.8) is 0 Å². The van der Waals surface area contributed by atoms with Gasteiger partial charge in [0.15, 0.2) is 0 Å². The van der Waals surface area contributed by atoms with E-state index in [0.717, 1.165) is 12.5 Å². The summed E-state index contributed by atoms with van der Waals surface area (Å²) in [7, 11) is 0. The van der Waals surface area contributed by atoms with Gasteiger partial charge in [0.25, 0.3) is 0 Å². The highest BCUT2D eigenvalue weighted by Crippen LogP contribution is 2.15. The van der Waals surface area contributed by atoms with E-state index in [2.05, 4.69) is 31.0 Å². The van der Waals surface area contributed by atoms with Gasteiger partial charge in [-0.2, -0.15) is 0 Å². The van der Waals surface area contributed by atoms with E-state index in [1.807, 2.05) is 0 Å². The summed E-state index contributed by atoms with van der Waals surface area (Å²) in [6, 6.07) is 0.686. The third-order valence-corrected chi connectivity index (χ3v) is 3.13. The summed E-state index contributed by atoms with van der Waals surface area (Å²) in [5.41, 5.74) is 0. The monoisotopic (exact) mass is 198 g/mol. The molecule has 14 heavy (non-hydrogen) atoms. The molecule has 0 spiro atoms. The lowest BCUT2D eigenvalue weighted by Crippen LogP contribution is -2.32. The predicted molar refractivity (Wildman–Crippen MR) is 62.6 cm³/mol. The van der Waals surface area contributed by atoms with Gasteiger partial charge >= 0.3 is 0 Å². The molecule has 0 aliphatic carbocycles. The number of hydrogen-bond donors (Lipinski definition) is 1. The highest BCUT2D eigenvalue weighted by Gasteiger charge is 2.18. The number of hydrogen-bond acceptors (Lipinski definition) is 2. The van der Waals surface area contributed by atoms with E-state index in [-0.39, 0.29) is 0 Å². The maximum Gasteiger partial charge on any atom is 0.00508 e. The Morgan fingerprint density at radius 2 is 2.29 bits per heavy atom. The SMILES string of the molecule is CCCNC(C)CCN1CCC(C)C1. The number of nitrogens with zero attached hydrogens (tertiary/aromatic N) is 1. The summed E-state index contributed by atoms with van der Waals surface area (Å²) in [4.78, 5) is 2.61. The Hall–Kier alpha value is -0.0800. The molecule has 1 heterocycles. The normalized spacial score (nSPS) is 25.5. The van der Waals surface area contributed by atoms with Crippen molar-refractivity contribution >= 4 is 0 Å². The highest BCUT2D eigenvalue weighted by atomic mass is 15.1. The topological polar surface area (TPSA) is 15.3 Å². The van der Waals surface area contributed by atoms with Gasteiger partial charge in [0.05, 0.1) is 0 Å². The van der Waals surface area contributed by atoms with Gasteiger partial charge in [0.2, 0.25) is 0 Å². The third kappa shape index (κ3) is 4.43. The average Bonchev–Trinajstić information content (AvgIpc) is 2.58. The molecule has 1 aliphatic rings. The van der Waals surface area contributed by atoms with Crippen LogP contribution in [0.1, 0.15) is 40.0 Å². The second kappa shape index (κ2) is 6.41. The summed E-state index contributed by atoms with van der Waals surface area (Å²) in [5.74, 6) is 0.925. The molecule has 0 saturated carbocycles. The Morgan fingerprint density at radius 3 is 2.86 bits per heavy atom. The van der Waals surface area contributed by atoms with Crippen molar-refractivity contribution in [3.8, 4) is 0 Å². The minimum atomic E-state index is 0.686. The smallest absolute Gasteiger partial charge is 0.00508 e. The first kappa shape index (κ1) is 12.0. The Bertz CT molecular complexity index is 147. The second-order valence-corrected chi connectivity index (χ2v) is 4.84. The molecule has 1 saturated heterocycles. The molecule has 1 rings (SSSR count). The number of likely N-dealkylation sites (tertiary alicyclic amines) is 1. The van der Waals surface area contributed by atoms with Crippen molar-refractivity contribution in [1.82, 2.24) is 10.2 Å². The molecular weight excluding hydrogens is 172 g/mol. The molecule has 2 atom stereocenters. The summed E-state index contributed by atoms with van der Waals surface area (Å²) in [6.07, 6.45) is 3.94. The molecular formula is C12H26N2. The fourth-order valence-corrected chi connectivity index (χ4v) is 2.10. The van der Waals surface area contributed by atoms with Crippen LogP contribution in [0.5, 0.6) is 0 Å². The van der Waals surface area contributed by atoms with Gasteiger partial charge < -0.3 is 10.2 Å². The van der Waals surface area contributed by atoms with Gasteiger partial charge in [0.1, 0.15) is 0 Å². The lowest BCUT2D eigenvalue weighted by atomic mass is 10.2. The van der Waals surface area contributed by atoms with E-state index in [9.17, 15) is 0 Å². The Kier molecular flexibility index (Phi) is 5.49. The Balaban J connectivity index is 2.02. The molecule has 0 aromatic carbocycles. The zero-order valence-electron chi connectivity index (χ0n) is 10.1. The van der Waals surface area contributed by atoms with Gasteiger partial charge in [0, 0.05) is 12.6 Å². The van der Waals surface area contributed by atoms with Crippen molar-refractivity contribution < 1.29 is 0 Å². The maximum atomic E-state index is 3.54. The molecule has 1 N–H and O–H groups in total. The number of nitrogens with one attached hydrogen (secondary N) is 1. The standard InChI is InChI=1S/C12H26N2/c1-4-7-13-12(3)6-9-14-8-5-11(2)10-14/h11-13H,4-10H2,1-3H3. The zero-order chi connectivity index (χ0) is 10.4. The molecule has 2 heteroatoms. The van der Waals surface area contributed by atoms with Crippen LogP contribution in [0.25, 0.3) is 0 Å². The van der Waals surface area contributed by atoms with Gasteiger partial charge in [-0.1, -0.05) is 13.8 Å². The first-order chi connectivity index (χ1) is 6.72. The summed E-state index contributed by atoms with van der Waals surface area (Å²) in [6.45, 7) is 12.0. The molecule has 0 amide bonds. The molecule has 2 unspecified atom stereocenters. The Morgan fingerprint density at radius 1 is 1.50 bits per heavy atom. The van der Waals surface area contributed by atoms with Crippen LogP contribution in [-0.4, -0.2) is 37.1 Å². The summed E-state index contributed by atoms with van der Waals surface area (Å²) < 4.78 is 0. The van der Waals surface area contributed by atoms with E-state index in [4.69, 9.17) is 0 Å². The van der Waals surface area contributed by atoms with E-state index < -0.39 is 0 Å². The van der Waals surface area contributed by atoms with Crippen molar-refractivity contribution in [1.29, 1.82) is 0 Å². The maximum absolute atomic E-state index is 3.54. The van der Waals surface area contributed by atoms with Crippen LogP contribution in [-0.2, 0) is 0 Å². The molecule has 0 aromatic heterocycles. The van der Waals surface area contributed by atoms with Gasteiger partial charge in [-0.05, 0) is 51.7 Å². The van der Waals surface area contributed by atoms with Crippen LogP contribution >= 0.6 is 0 Å². The van der Waals surface area contributed by atoms with Gasteiger partial charge in [-0.3, -0.25) is 0 Å². The fraction of sp³-hybridized carbons (Fsp3) is 1.00. The molecule has 2 nitrogen and oxygen atoms in total. The average molecular weight is 198 g/mol. The quantitative estimate of drug-likeness (QED) is 0.703. The number of rotatable bonds is 6. The van der Waals surface area contributed by atoms with Crippen LogP contribution < -0.4 is 5.32 Å². The first-order valence-electron chi connectivity index (χ1n) is 6.18. The Labute approximate surface area is 89.1 Å². The predicted octanol–water partition coefficient (Wildman–Crippen LogP) is 2.11. The van der Waals surface area contributed by atoms with Crippen LogP contribution in [0, 0.1) is 5.92 Å². The van der Waals surface area contributed by atoms with E-state index in [0.29, 0.717) is 6.04 Å². The minimum Gasteiger partial charge on any atom is -0.314 e. The molecule has 1 aliphatic heterocycles. The van der Waals surface area contributed by atoms with Crippen LogP contribution in [0.15, 0.2) is 0 Å². The summed E-state index contributed by atoms with van der Waals surface area (Å²) >= 11 is 0. The van der Waals surface area contributed by atoms with E-state index in [1.165, 1.54) is 38.9 Å². The second-order valence-electron chi connectivity index (χ2n) is 4.84. The highest BCUT2D eigenvalue weighted by molar-refractivity contribution is 4.73. The van der Waals surface area contributed by atoms with E-state index >= 15 is 0 Å². The lowest BCUT2D eigenvalue weighted by Gasteiger charge is -2.19. The molecule has 0 bridgehead atoms. The minimum absolute atomic E-state index is 0.686. The zero-order valence-corrected chi connectivity index (χ0v) is 10.1. The van der Waals surface area contributed by atoms with Crippen molar-refractivity contribution in [2.75, 3.05) is 26.2 Å². The van der Waals surface area contributed by atoms with E-state index in [1.54, 1.807) is 0 Å². The van der Waals surface area contributed by atoms with Crippen molar-refractivity contribution in [2.24, 2.45) is 5.92 Å². The molecule has 0 aromatic rings. The van der Waals surface area contributed by atoms with Crippen LogP contribution in [0.4, 0.5) is 0 Å². The molecule has 0 radical (unpaired) electrons. The largest absolute Gasteiger partial charge is 0.314 e. The third-order valence-electron chi connectivity index (χ3n) is 3.13. The van der Waals surface area contributed by atoms with Crippen molar-refractivity contribution in [3.05, 3.63) is 0 Å².